The van der Waals surface area contributed by atoms with E-state index < -0.39 is 0 Å². The van der Waals surface area contributed by atoms with Gasteiger partial charge in [0.15, 0.2) is 0 Å². The maximum atomic E-state index is 2.41. The molecule has 0 saturated heterocycles. The van der Waals surface area contributed by atoms with Gasteiger partial charge in [0.25, 0.3) is 0 Å². The molecular formula is C15H22. The van der Waals surface area contributed by atoms with Crippen molar-refractivity contribution in [1.82, 2.24) is 0 Å². The van der Waals surface area contributed by atoms with Crippen LogP contribution in [0.2, 0.25) is 0 Å². The molecule has 0 amide bonds. The van der Waals surface area contributed by atoms with Gasteiger partial charge in [0, 0.05) is 0 Å². The van der Waals surface area contributed by atoms with Crippen molar-refractivity contribution in [3.63, 3.8) is 0 Å². The van der Waals surface area contributed by atoms with Crippen molar-refractivity contribution >= 4 is 0 Å². The minimum Gasteiger partial charge on any atom is -0.0623 e. The summed E-state index contributed by atoms with van der Waals surface area (Å²) in [5, 5.41) is 0. The van der Waals surface area contributed by atoms with E-state index in [9.17, 15) is 0 Å². The summed E-state index contributed by atoms with van der Waals surface area (Å²) in [6, 6.07) is 8.90. The Labute approximate surface area is 93.7 Å². The largest absolute Gasteiger partial charge is 0.0623 e. The molecule has 0 radical (unpaired) electrons. The van der Waals surface area contributed by atoms with Crippen molar-refractivity contribution in [3.8, 4) is 0 Å². The van der Waals surface area contributed by atoms with Gasteiger partial charge in [-0.05, 0) is 55.1 Å². The molecule has 3 atom stereocenters. The van der Waals surface area contributed by atoms with E-state index in [0.29, 0.717) is 0 Å². The van der Waals surface area contributed by atoms with Crippen LogP contribution in [-0.4, -0.2) is 0 Å². The zero-order valence-electron chi connectivity index (χ0n) is 10.2. The van der Waals surface area contributed by atoms with Crippen LogP contribution in [-0.2, 0) is 0 Å². The quantitative estimate of drug-likeness (QED) is 0.627. The fourth-order valence-corrected chi connectivity index (χ4v) is 2.87. The molecule has 15 heavy (non-hydrogen) atoms. The Kier molecular flexibility index (Phi) is 3.14. The van der Waals surface area contributed by atoms with Gasteiger partial charge in [-0.2, -0.15) is 0 Å². The van der Waals surface area contributed by atoms with Gasteiger partial charge >= 0.3 is 0 Å². The first-order valence-corrected chi connectivity index (χ1v) is 6.24. The van der Waals surface area contributed by atoms with E-state index >= 15 is 0 Å². The van der Waals surface area contributed by atoms with Gasteiger partial charge in [-0.25, -0.2) is 0 Å². The minimum atomic E-state index is 0.817. The van der Waals surface area contributed by atoms with Gasteiger partial charge in [-0.15, -0.1) is 0 Å². The SMILES string of the molecule is Cc1ccccc1C1CCC(C)C(C)C1. The molecule has 3 unspecified atom stereocenters. The third kappa shape index (κ3) is 2.25. The Morgan fingerprint density at radius 3 is 2.40 bits per heavy atom. The molecule has 1 aromatic carbocycles. The van der Waals surface area contributed by atoms with E-state index in [0.717, 1.165) is 17.8 Å². The van der Waals surface area contributed by atoms with E-state index in [1.54, 1.807) is 5.56 Å². The van der Waals surface area contributed by atoms with E-state index in [1.165, 1.54) is 24.8 Å². The third-order valence-electron chi connectivity index (χ3n) is 4.23. The van der Waals surface area contributed by atoms with Crippen LogP contribution in [0.15, 0.2) is 24.3 Å². The second-order valence-corrected chi connectivity index (χ2v) is 5.32. The maximum Gasteiger partial charge on any atom is -0.0157 e. The molecule has 0 bridgehead atoms. The average molecular weight is 202 g/mol. The van der Waals surface area contributed by atoms with Crippen LogP contribution in [0.4, 0.5) is 0 Å². The molecule has 1 aliphatic rings. The molecule has 0 spiro atoms. The van der Waals surface area contributed by atoms with Gasteiger partial charge in [-0.3, -0.25) is 0 Å². The van der Waals surface area contributed by atoms with Crippen molar-refractivity contribution in [2.45, 2.75) is 46.0 Å². The van der Waals surface area contributed by atoms with Crippen molar-refractivity contribution in [2.24, 2.45) is 11.8 Å². The zero-order valence-corrected chi connectivity index (χ0v) is 10.2. The Balaban J connectivity index is 2.15. The van der Waals surface area contributed by atoms with Crippen molar-refractivity contribution in [2.75, 3.05) is 0 Å². The molecule has 0 heterocycles. The first-order chi connectivity index (χ1) is 7.18. The Morgan fingerprint density at radius 2 is 1.73 bits per heavy atom. The highest BCUT2D eigenvalue weighted by Crippen LogP contribution is 2.39. The molecule has 2 rings (SSSR count). The van der Waals surface area contributed by atoms with Crippen LogP contribution >= 0.6 is 0 Å². The highest BCUT2D eigenvalue weighted by Gasteiger charge is 2.25. The van der Waals surface area contributed by atoms with Gasteiger partial charge in [0.1, 0.15) is 0 Å². The fraction of sp³-hybridized carbons (Fsp3) is 0.600. The lowest BCUT2D eigenvalue weighted by Crippen LogP contribution is -2.19. The molecule has 0 N–H and O–H groups in total. The van der Waals surface area contributed by atoms with E-state index in [1.807, 2.05) is 0 Å². The van der Waals surface area contributed by atoms with Gasteiger partial charge in [0.05, 0.1) is 0 Å². The fourth-order valence-electron chi connectivity index (χ4n) is 2.87. The highest BCUT2D eigenvalue weighted by atomic mass is 14.3. The highest BCUT2D eigenvalue weighted by molar-refractivity contribution is 5.29. The predicted molar refractivity (Wildman–Crippen MR) is 66.1 cm³/mol. The number of aryl methyl sites for hydroxylation is 1. The summed E-state index contributed by atoms with van der Waals surface area (Å²) in [6.45, 7) is 7.06. The van der Waals surface area contributed by atoms with Crippen molar-refractivity contribution < 1.29 is 0 Å². The second kappa shape index (κ2) is 4.38. The van der Waals surface area contributed by atoms with Gasteiger partial charge < -0.3 is 0 Å². The topological polar surface area (TPSA) is 0 Å². The lowest BCUT2D eigenvalue weighted by molar-refractivity contribution is 0.250. The van der Waals surface area contributed by atoms with Crippen LogP contribution < -0.4 is 0 Å². The van der Waals surface area contributed by atoms with Crippen molar-refractivity contribution in [1.29, 1.82) is 0 Å². The second-order valence-electron chi connectivity index (χ2n) is 5.32. The van der Waals surface area contributed by atoms with Gasteiger partial charge in [0.2, 0.25) is 0 Å². The molecule has 1 aliphatic carbocycles. The summed E-state index contributed by atoms with van der Waals surface area (Å²) in [5.74, 6) is 2.63. The van der Waals surface area contributed by atoms with Crippen LogP contribution in [0.25, 0.3) is 0 Å². The molecule has 1 fully saturated rings. The summed E-state index contributed by atoms with van der Waals surface area (Å²) >= 11 is 0. The summed E-state index contributed by atoms with van der Waals surface area (Å²) < 4.78 is 0. The third-order valence-corrected chi connectivity index (χ3v) is 4.23. The summed E-state index contributed by atoms with van der Waals surface area (Å²) in [5.41, 5.74) is 3.07. The van der Waals surface area contributed by atoms with Gasteiger partial charge in [-0.1, -0.05) is 38.1 Å². The summed E-state index contributed by atoms with van der Waals surface area (Å²) in [6.07, 6.45) is 4.17. The lowest BCUT2D eigenvalue weighted by atomic mass is 9.73. The molecular weight excluding hydrogens is 180 g/mol. The Bertz CT molecular complexity index is 327. The maximum absolute atomic E-state index is 2.41. The first-order valence-electron chi connectivity index (χ1n) is 6.24. The van der Waals surface area contributed by atoms with E-state index in [2.05, 4.69) is 45.0 Å². The molecule has 1 aromatic rings. The number of hydrogen-bond donors (Lipinski definition) is 0. The minimum absolute atomic E-state index is 0.817. The molecule has 0 heteroatoms. The van der Waals surface area contributed by atoms with Crippen LogP contribution in [0.1, 0.15) is 50.2 Å². The van der Waals surface area contributed by atoms with E-state index in [-0.39, 0.29) is 0 Å². The van der Waals surface area contributed by atoms with Crippen molar-refractivity contribution in [3.05, 3.63) is 35.4 Å². The number of benzene rings is 1. The molecule has 0 aromatic heterocycles. The first kappa shape index (κ1) is 10.7. The van der Waals surface area contributed by atoms with Crippen LogP contribution in [0, 0.1) is 18.8 Å². The lowest BCUT2D eigenvalue weighted by Gasteiger charge is -2.33. The number of hydrogen-bond acceptors (Lipinski definition) is 0. The Morgan fingerprint density at radius 1 is 1.00 bits per heavy atom. The zero-order chi connectivity index (χ0) is 10.8. The van der Waals surface area contributed by atoms with E-state index in [4.69, 9.17) is 0 Å². The standard InChI is InChI=1S/C15H22/c1-11-8-9-14(10-13(11)3)15-7-5-4-6-12(15)2/h4-7,11,13-14H,8-10H2,1-3H3. The predicted octanol–water partition coefficient (Wildman–Crippen LogP) is 4.53. The average Bonchev–Trinajstić information content (AvgIpc) is 2.23. The molecule has 0 nitrogen and oxygen atoms in total. The number of rotatable bonds is 1. The normalized spacial score (nSPS) is 31.5. The van der Waals surface area contributed by atoms with Crippen LogP contribution in [0.3, 0.4) is 0 Å². The molecule has 1 saturated carbocycles. The smallest absolute Gasteiger partial charge is 0.0157 e. The van der Waals surface area contributed by atoms with Crippen LogP contribution in [0.5, 0.6) is 0 Å². The molecule has 0 aliphatic heterocycles. The summed E-state index contributed by atoms with van der Waals surface area (Å²) in [4.78, 5) is 0. The summed E-state index contributed by atoms with van der Waals surface area (Å²) in [7, 11) is 0. The Hall–Kier alpha value is -0.780. The molecule has 82 valence electrons. The monoisotopic (exact) mass is 202 g/mol.